The van der Waals surface area contributed by atoms with Gasteiger partial charge in [-0.15, -0.1) is 6.58 Å². The largest absolute Gasteiger partial charge is 0.493 e. The molecule has 1 aromatic heterocycles. The Hall–Kier alpha value is -2.60. The molecule has 2 atom stereocenters. The van der Waals surface area contributed by atoms with Gasteiger partial charge >= 0.3 is 5.97 Å². The first-order valence-corrected chi connectivity index (χ1v) is 8.81. The zero-order chi connectivity index (χ0) is 18.5. The summed E-state index contributed by atoms with van der Waals surface area (Å²) in [5.74, 6) is 1.04. The molecule has 0 radical (unpaired) electrons. The minimum Gasteiger partial charge on any atom is -0.493 e. The topological polar surface area (TPSA) is 69.7 Å². The van der Waals surface area contributed by atoms with E-state index >= 15 is 0 Å². The van der Waals surface area contributed by atoms with Gasteiger partial charge in [-0.25, -0.2) is 4.98 Å². The van der Waals surface area contributed by atoms with Crippen LogP contribution in [-0.4, -0.2) is 43.4 Å². The average molecular weight is 356 g/mol. The number of carbonyl (C=O) groups is 1. The first kappa shape index (κ1) is 18.2. The number of rotatable bonds is 7. The Morgan fingerprint density at radius 3 is 2.96 bits per heavy atom. The van der Waals surface area contributed by atoms with Gasteiger partial charge in [-0.1, -0.05) is 18.2 Å². The maximum absolute atomic E-state index is 11.7. The zero-order valence-corrected chi connectivity index (χ0v) is 15.2. The Morgan fingerprint density at radius 1 is 1.42 bits per heavy atom. The van der Waals surface area contributed by atoms with Crippen molar-refractivity contribution < 1.29 is 19.0 Å². The number of pyridine rings is 1. The molecule has 6 nitrogen and oxygen atoms in total. The molecule has 138 valence electrons. The normalized spacial score (nSPS) is 19.3. The van der Waals surface area contributed by atoms with Crippen LogP contribution in [0.25, 0.3) is 10.9 Å². The maximum Gasteiger partial charge on any atom is 0.323 e. The zero-order valence-electron chi connectivity index (χ0n) is 15.2. The Kier molecular flexibility index (Phi) is 5.73. The van der Waals surface area contributed by atoms with E-state index in [0.29, 0.717) is 31.9 Å². The van der Waals surface area contributed by atoms with Gasteiger partial charge in [0.1, 0.15) is 17.9 Å². The van der Waals surface area contributed by atoms with Crippen LogP contribution >= 0.6 is 0 Å². The summed E-state index contributed by atoms with van der Waals surface area (Å²) in [5, 5.41) is 4.08. The molecule has 1 aromatic carbocycles. The summed E-state index contributed by atoms with van der Waals surface area (Å²) >= 11 is 0. The quantitative estimate of drug-likeness (QED) is 0.608. The molecule has 1 fully saturated rings. The molecule has 6 heteroatoms. The minimum absolute atomic E-state index is 0.161. The molecule has 0 saturated carbocycles. The number of nitrogens with one attached hydrogen (secondary N) is 1. The van der Waals surface area contributed by atoms with Crippen LogP contribution in [0.2, 0.25) is 0 Å². The fourth-order valence-electron chi connectivity index (χ4n) is 3.20. The van der Waals surface area contributed by atoms with Crippen LogP contribution in [0.3, 0.4) is 0 Å². The van der Waals surface area contributed by atoms with Gasteiger partial charge in [0.2, 0.25) is 5.88 Å². The number of allylic oxidation sites excluding steroid dienone is 1. The van der Waals surface area contributed by atoms with Crippen molar-refractivity contribution in [3.63, 3.8) is 0 Å². The van der Waals surface area contributed by atoms with Gasteiger partial charge in [-0.2, -0.15) is 0 Å². The molecular formula is C20H24N2O4. The summed E-state index contributed by atoms with van der Waals surface area (Å²) in [6, 6.07) is 7.49. The highest BCUT2D eigenvalue weighted by Gasteiger charge is 2.32. The summed E-state index contributed by atoms with van der Waals surface area (Å²) in [4.78, 5) is 16.4. The molecular weight excluding hydrogens is 332 g/mol. The van der Waals surface area contributed by atoms with Crippen molar-refractivity contribution in [1.29, 1.82) is 0 Å². The second kappa shape index (κ2) is 8.19. The predicted octanol–water partition coefficient (Wildman–Crippen LogP) is 2.64. The number of aromatic nitrogens is 1. The Bertz CT molecular complexity index is 806. The van der Waals surface area contributed by atoms with Gasteiger partial charge in [-0.05, 0) is 25.5 Å². The van der Waals surface area contributed by atoms with Crippen molar-refractivity contribution in [3.05, 3.63) is 42.5 Å². The molecule has 0 amide bonds. The maximum atomic E-state index is 11.7. The Balaban J connectivity index is 1.95. The number of hydrogen-bond acceptors (Lipinski definition) is 6. The van der Waals surface area contributed by atoms with Crippen molar-refractivity contribution in [3.8, 4) is 11.6 Å². The Morgan fingerprint density at radius 2 is 2.23 bits per heavy atom. The van der Waals surface area contributed by atoms with Crippen LogP contribution in [0.1, 0.15) is 18.9 Å². The summed E-state index contributed by atoms with van der Waals surface area (Å²) in [6.45, 7) is 6.91. The SMILES string of the molecule is C=CCc1c(OC2CNC(C(=O)OC)C2)nc2ccccc2c1OCC. The lowest BCUT2D eigenvalue weighted by Crippen LogP contribution is -2.31. The number of methoxy groups -OCH3 is 1. The van der Waals surface area contributed by atoms with Crippen molar-refractivity contribution in [2.75, 3.05) is 20.3 Å². The van der Waals surface area contributed by atoms with Crippen LogP contribution in [0, 0.1) is 0 Å². The van der Waals surface area contributed by atoms with Crippen LogP contribution in [0.15, 0.2) is 36.9 Å². The molecule has 2 unspecified atom stereocenters. The monoisotopic (exact) mass is 356 g/mol. The molecule has 2 heterocycles. The third-order valence-corrected chi connectivity index (χ3v) is 4.39. The number of nitrogens with zero attached hydrogens (tertiary/aromatic N) is 1. The second-order valence-electron chi connectivity index (χ2n) is 6.13. The van der Waals surface area contributed by atoms with Gasteiger partial charge in [0.05, 0.1) is 24.8 Å². The van der Waals surface area contributed by atoms with E-state index in [0.717, 1.165) is 22.2 Å². The molecule has 1 aliphatic rings. The summed E-state index contributed by atoms with van der Waals surface area (Å²) in [5.41, 5.74) is 1.69. The third-order valence-electron chi connectivity index (χ3n) is 4.39. The number of esters is 1. The molecule has 3 rings (SSSR count). The summed E-state index contributed by atoms with van der Waals surface area (Å²) in [7, 11) is 1.39. The van der Waals surface area contributed by atoms with E-state index in [2.05, 4.69) is 11.9 Å². The molecule has 26 heavy (non-hydrogen) atoms. The lowest BCUT2D eigenvalue weighted by molar-refractivity contribution is -0.142. The first-order valence-electron chi connectivity index (χ1n) is 8.81. The van der Waals surface area contributed by atoms with E-state index < -0.39 is 0 Å². The van der Waals surface area contributed by atoms with E-state index in [1.54, 1.807) is 0 Å². The van der Waals surface area contributed by atoms with Crippen LogP contribution in [0.4, 0.5) is 0 Å². The Labute approximate surface area is 153 Å². The number of ether oxygens (including phenoxy) is 3. The van der Waals surface area contributed by atoms with Crippen molar-refractivity contribution in [2.24, 2.45) is 0 Å². The lowest BCUT2D eigenvalue weighted by atomic mass is 10.1. The molecule has 2 aromatic rings. The van der Waals surface area contributed by atoms with Crippen LogP contribution < -0.4 is 14.8 Å². The highest BCUT2D eigenvalue weighted by molar-refractivity contribution is 5.87. The third kappa shape index (κ3) is 3.65. The van der Waals surface area contributed by atoms with Crippen molar-refractivity contribution in [2.45, 2.75) is 31.9 Å². The number of hydrogen-bond donors (Lipinski definition) is 1. The smallest absolute Gasteiger partial charge is 0.323 e. The van der Waals surface area contributed by atoms with E-state index in [1.807, 2.05) is 37.3 Å². The van der Waals surface area contributed by atoms with Gasteiger partial charge in [-0.3, -0.25) is 4.79 Å². The van der Waals surface area contributed by atoms with Gasteiger partial charge in [0, 0.05) is 18.4 Å². The average Bonchev–Trinajstić information content (AvgIpc) is 3.12. The van der Waals surface area contributed by atoms with Crippen LogP contribution in [-0.2, 0) is 16.0 Å². The molecule has 1 N–H and O–H groups in total. The molecule has 0 aliphatic carbocycles. The molecule has 1 saturated heterocycles. The molecule has 0 bridgehead atoms. The second-order valence-corrected chi connectivity index (χ2v) is 6.13. The first-order chi connectivity index (χ1) is 12.7. The minimum atomic E-state index is -0.348. The van der Waals surface area contributed by atoms with E-state index in [4.69, 9.17) is 19.2 Å². The van der Waals surface area contributed by atoms with Crippen molar-refractivity contribution in [1.82, 2.24) is 10.3 Å². The van der Waals surface area contributed by atoms with Gasteiger partial charge in [0.15, 0.2) is 0 Å². The van der Waals surface area contributed by atoms with E-state index in [1.165, 1.54) is 7.11 Å². The lowest BCUT2D eigenvalue weighted by Gasteiger charge is -2.19. The number of benzene rings is 1. The highest BCUT2D eigenvalue weighted by Crippen LogP contribution is 2.36. The van der Waals surface area contributed by atoms with Gasteiger partial charge in [0.25, 0.3) is 0 Å². The van der Waals surface area contributed by atoms with E-state index in [9.17, 15) is 4.79 Å². The fraction of sp³-hybridized carbons (Fsp3) is 0.400. The standard InChI is InChI=1S/C20H24N2O4/c1-4-8-15-18(25-5-2)14-9-6-7-10-16(14)22-19(15)26-13-11-17(21-12-13)20(23)24-3/h4,6-7,9-10,13,17,21H,1,5,8,11-12H2,2-3H3. The number of carbonyl (C=O) groups excluding carboxylic acids is 1. The summed E-state index contributed by atoms with van der Waals surface area (Å²) < 4.78 is 16.9. The number of fused-ring (bicyclic) bond motifs is 1. The fourth-order valence-corrected chi connectivity index (χ4v) is 3.20. The van der Waals surface area contributed by atoms with Gasteiger partial charge < -0.3 is 19.5 Å². The van der Waals surface area contributed by atoms with Crippen LogP contribution in [0.5, 0.6) is 11.6 Å². The summed E-state index contributed by atoms with van der Waals surface area (Å²) in [6.07, 6.45) is 2.78. The molecule has 1 aliphatic heterocycles. The van der Waals surface area contributed by atoms with E-state index in [-0.39, 0.29) is 18.1 Å². The molecule has 0 spiro atoms. The van der Waals surface area contributed by atoms with Crippen molar-refractivity contribution >= 4 is 16.9 Å². The highest BCUT2D eigenvalue weighted by atomic mass is 16.5. The number of para-hydroxylation sites is 1. The predicted molar refractivity (Wildman–Crippen MR) is 99.7 cm³/mol.